The molecule has 0 aromatic heterocycles. The van der Waals surface area contributed by atoms with Crippen molar-refractivity contribution in [3.63, 3.8) is 0 Å². The first-order chi connectivity index (χ1) is 3.39. The smallest absolute Gasteiger partial charge is 0.189 e. The maximum absolute atomic E-state index is 10.3. The van der Waals surface area contributed by atoms with Crippen LogP contribution >= 0.6 is 8.03 Å². The van der Waals surface area contributed by atoms with E-state index in [9.17, 15) is 4.57 Å². The quantitative estimate of drug-likeness (QED) is 0.355. The predicted molar refractivity (Wildman–Crippen MR) is 24.1 cm³/mol. The Hall–Kier alpha value is 0.0200. The fourth-order valence-corrected chi connectivity index (χ4v) is 1.04. The lowest BCUT2D eigenvalue weighted by Gasteiger charge is -1.95. The molecule has 1 saturated heterocycles. The molecule has 4 heteroatoms. The molecule has 0 amide bonds. The molecule has 0 aromatic carbocycles. The second-order valence-electron chi connectivity index (χ2n) is 1.31. The number of hydrogen-bond donors (Lipinski definition) is 0. The number of rotatable bonds is 0. The molecule has 1 aliphatic rings. The zero-order chi connectivity index (χ0) is 5.11. The van der Waals surface area contributed by atoms with Gasteiger partial charge in [-0.25, -0.2) is 0 Å². The molecule has 1 unspecified atom stereocenters. The van der Waals surface area contributed by atoms with Crippen LogP contribution in [0.2, 0.25) is 0 Å². The van der Waals surface area contributed by atoms with E-state index >= 15 is 0 Å². The number of hydrogen-bond acceptors (Lipinski definition) is 3. The summed E-state index contributed by atoms with van der Waals surface area (Å²) in [4.78, 5) is 4.40. The maximum Gasteiger partial charge on any atom is 0.539 e. The Balaban J connectivity index is 2.25. The predicted octanol–water partition coefficient (Wildman–Crippen LogP) is 1.08. The molecule has 0 saturated carbocycles. The summed E-state index contributed by atoms with van der Waals surface area (Å²) in [6.45, 7) is 0.584. The van der Waals surface area contributed by atoms with E-state index in [0.717, 1.165) is 6.42 Å². The Morgan fingerprint density at radius 2 is 2.43 bits per heavy atom. The molecule has 3 nitrogen and oxygen atoms in total. The molecule has 1 atom stereocenters. The van der Waals surface area contributed by atoms with Gasteiger partial charge in [-0.05, 0) is 4.57 Å². The van der Waals surface area contributed by atoms with E-state index in [-0.39, 0.29) is 0 Å². The minimum atomic E-state index is -1.46. The molecule has 1 rings (SSSR count). The highest BCUT2D eigenvalue weighted by Crippen LogP contribution is 2.26. The zero-order valence-corrected chi connectivity index (χ0v) is 4.69. The summed E-state index contributed by atoms with van der Waals surface area (Å²) in [6.07, 6.45) is 1.50. The van der Waals surface area contributed by atoms with E-state index in [4.69, 9.17) is 0 Å². The summed E-state index contributed by atoms with van der Waals surface area (Å²) < 4.78 is 14.6. The molecule has 40 valence electrons. The summed E-state index contributed by atoms with van der Waals surface area (Å²) in [5.74, 6) is 0. The van der Waals surface area contributed by atoms with Crippen molar-refractivity contribution in [3.8, 4) is 0 Å². The van der Waals surface area contributed by atoms with E-state index in [1.165, 1.54) is 0 Å². The molecule has 0 spiro atoms. The first kappa shape index (κ1) is 5.16. The van der Waals surface area contributed by atoms with E-state index in [2.05, 4.69) is 9.56 Å². The van der Waals surface area contributed by atoms with E-state index in [1.54, 1.807) is 0 Å². The summed E-state index contributed by atoms with van der Waals surface area (Å²) >= 11 is 0. The van der Waals surface area contributed by atoms with Crippen LogP contribution in [0, 0.1) is 0 Å². The molecule has 0 aromatic rings. The zero-order valence-electron chi connectivity index (χ0n) is 3.79. The highest BCUT2D eigenvalue weighted by molar-refractivity contribution is 7.38. The van der Waals surface area contributed by atoms with Gasteiger partial charge in [-0.15, -0.1) is 0 Å². The van der Waals surface area contributed by atoms with Crippen LogP contribution in [0.15, 0.2) is 0 Å². The molecule has 1 heterocycles. The largest absolute Gasteiger partial charge is 0.539 e. The Morgan fingerprint density at radius 1 is 1.57 bits per heavy atom. The standard InChI is InChI=1S/C3H6O3P/c4-7-3-1-2-5-6-7/h1-3H2/q+1. The average molecular weight is 121 g/mol. The molecular weight excluding hydrogens is 115 g/mol. The summed E-state index contributed by atoms with van der Waals surface area (Å²) in [5.41, 5.74) is 0. The SMILES string of the molecule is O=[P+]1CCCOO1. The van der Waals surface area contributed by atoms with Gasteiger partial charge >= 0.3 is 8.03 Å². The van der Waals surface area contributed by atoms with Crippen LogP contribution in [0.5, 0.6) is 0 Å². The van der Waals surface area contributed by atoms with Crippen molar-refractivity contribution < 1.29 is 14.1 Å². The fourth-order valence-electron chi connectivity index (χ4n) is 0.386. The third kappa shape index (κ3) is 1.51. The van der Waals surface area contributed by atoms with Gasteiger partial charge < -0.3 is 0 Å². The Labute approximate surface area is 42.4 Å². The minimum absolute atomic E-state index is 0.584. The lowest BCUT2D eigenvalue weighted by Crippen LogP contribution is -2.00. The monoisotopic (exact) mass is 121 g/mol. The molecule has 0 N–H and O–H groups in total. The lowest BCUT2D eigenvalue weighted by atomic mass is 10.5. The first-order valence-corrected chi connectivity index (χ1v) is 3.50. The Bertz CT molecular complexity index is 74.2. The van der Waals surface area contributed by atoms with Gasteiger partial charge in [0.15, 0.2) is 6.16 Å². The highest BCUT2D eigenvalue weighted by Gasteiger charge is 2.22. The third-order valence-corrected chi connectivity index (χ3v) is 1.66. The minimum Gasteiger partial charge on any atom is -0.189 e. The van der Waals surface area contributed by atoms with Crippen LogP contribution < -0.4 is 0 Å². The van der Waals surface area contributed by atoms with Crippen molar-refractivity contribution >= 4 is 8.03 Å². The molecule has 7 heavy (non-hydrogen) atoms. The van der Waals surface area contributed by atoms with Gasteiger partial charge in [-0.2, -0.15) is 4.89 Å². The molecule has 0 bridgehead atoms. The maximum atomic E-state index is 10.3. The van der Waals surface area contributed by atoms with Gasteiger partial charge in [0, 0.05) is 11.1 Å². The Morgan fingerprint density at radius 3 is 2.71 bits per heavy atom. The van der Waals surface area contributed by atoms with Crippen molar-refractivity contribution in [2.24, 2.45) is 0 Å². The molecule has 1 aliphatic heterocycles. The summed E-state index contributed by atoms with van der Waals surface area (Å²) in [7, 11) is -1.46. The van der Waals surface area contributed by atoms with Crippen LogP contribution in [0.4, 0.5) is 0 Å². The fraction of sp³-hybridized carbons (Fsp3) is 1.00. The van der Waals surface area contributed by atoms with Crippen LogP contribution in [-0.4, -0.2) is 12.8 Å². The van der Waals surface area contributed by atoms with Crippen molar-refractivity contribution in [2.45, 2.75) is 6.42 Å². The van der Waals surface area contributed by atoms with Gasteiger partial charge in [0.2, 0.25) is 0 Å². The average Bonchev–Trinajstić information content (AvgIpc) is 1.69. The highest BCUT2D eigenvalue weighted by atomic mass is 31.1. The molecule has 1 fully saturated rings. The Kier molecular flexibility index (Phi) is 1.74. The molecule has 0 radical (unpaired) electrons. The van der Waals surface area contributed by atoms with Crippen LogP contribution in [0.25, 0.3) is 0 Å². The van der Waals surface area contributed by atoms with E-state index in [0.29, 0.717) is 12.8 Å². The first-order valence-electron chi connectivity index (χ1n) is 2.14. The van der Waals surface area contributed by atoms with Gasteiger partial charge in [0.05, 0.1) is 6.61 Å². The van der Waals surface area contributed by atoms with Gasteiger partial charge in [-0.3, -0.25) is 0 Å². The van der Waals surface area contributed by atoms with E-state index < -0.39 is 8.03 Å². The van der Waals surface area contributed by atoms with Gasteiger partial charge in [0.1, 0.15) is 0 Å². The topological polar surface area (TPSA) is 35.5 Å². The normalized spacial score (nSPS) is 27.7. The van der Waals surface area contributed by atoms with Crippen LogP contribution in [0.3, 0.4) is 0 Å². The van der Waals surface area contributed by atoms with Gasteiger partial charge in [0.25, 0.3) is 0 Å². The van der Waals surface area contributed by atoms with Crippen molar-refractivity contribution in [2.75, 3.05) is 12.8 Å². The van der Waals surface area contributed by atoms with Crippen LogP contribution in [0.1, 0.15) is 6.42 Å². The van der Waals surface area contributed by atoms with Crippen LogP contribution in [-0.2, 0) is 14.1 Å². The second-order valence-corrected chi connectivity index (χ2v) is 2.57. The summed E-state index contributed by atoms with van der Waals surface area (Å²) in [5, 5.41) is 0. The van der Waals surface area contributed by atoms with Crippen molar-refractivity contribution in [1.29, 1.82) is 0 Å². The van der Waals surface area contributed by atoms with Crippen molar-refractivity contribution in [1.82, 2.24) is 0 Å². The summed E-state index contributed by atoms with van der Waals surface area (Å²) in [6, 6.07) is 0. The second kappa shape index (κ2) is 2.36. The third-order valence-electron chi connectivity index (χ3n) is 0.704. The molecule has 0 aliphatic carbocycles. The van der Waals surface area contributed by atoms with E-state index in [1.807, 2.05) is 0 Å². The lowest BCUT2D eigenvalue weighted by molar-refractivity contribution is -0.208. The van der Waals surface area contributed by atoms with Gasteiger partial charge in [-0.1, -0.05) is 0 Å². The van der Waals surface area contributed by atoms with Crippen molar-refractivity contribution in [3.05, 3.63) is 0 Å². The molecular formula is C3H6O3P+.